The van der Waals surface area contributed by atoms with E-state index in [9.17, 15) is 9.59 Å². The fourth-order valence-electron chi connectivity index (χ4n) is 5.15. The Bertz CT molecular complexity index is 1110. The van der Waals surface area contributed by atoms with Crippen LogP contribution >= 0.6 is 0 Å². The lowest BCUT2D eigenvalue weighted by Gasteiger charge is -2.35. The van der Waals surface area contributed by atoms with Crippen LogP contribution in [0.25, 0.3) is 0 Å². The Morgan fingerprint density at radius 3 is 2.22 bits per heavy atom. The molecule has 0 aliphatic heterocycles. The predicted octanol–water partition coefficient (Wildman–Crippen LogP) is 4.92. The molecule has 196 valence electrons. The van der Waals surface area contributed by atoms with Gasteiger partial charge in [-0.25, -0.2) is 0 Å². The van der Waals surface area contributed by atoms with Crippen LogP contribution in [-0.4, -0.2) is 59.0 Å². The molecule has 1 saturated carbocycles. The van der Waals surface area contributed by atoms with E-state index in [1.807, 2.05) is 64.4 Å². The summed E-state index contributed by atoms with van der Waals surface area (Å²) in [6.07, 6.45) is 7.71. The molecule has 2 aromatic carbocycles. The lowest BCUT2D eigenvalue weighted by Crippen LogP contribution is -2.49. The summed E-state index contributed by atoms with van der Waals surface area (Å²) >= 11 is 0. The third-order valence-electron chi connectivity index (χ3n) is 7.23. The number of aromatic nitrogens is 1. The summed E-state index contributed by atoms with van der Waals surface area (Å²) in [4.78, 5) is 30.9. The third kappa shape index (κ3) is 7.80. The predicted molar refractivity (Wildman–Crippen MR) is 146 cm³/mol. The first-order valence-electron chi connectivity index (χ1n) is 13.4. The molecule has 1 fully saturated rings. The minimum atomic E-state index is -0.0310. The van der Waals surface area contributed by atoms with E-state index < -0.39 is 0 Å². The van der Waals surface area contributed by atoms with Crippen molar-refractivity contribution in [2.75, 3.05) is 26.8 Å². The topological polar surface area (TPSA) is 54.8 Å². The standard InChI is InChI=1S/C31H39N3O3/c1-37-21-20-33(24-29-18-11-19-32(29)23-27-14-7-3-8-15-27)31(36)25-34(28-16-9-4-10-17-28)30(35)22-26-12-5-2-6-13-26/h2-3,5-8,11-15,18-19,28H,4,9-10,16-17,20-25H2,1H3. The molecule has 0 saturated heterocycles. The van der Waals surface area contributed by atoms with Crippen molar-refractivity contribution in [3.8, 4) is 0 Å². The molecule has 6 heteroatoms. The smallest absolute Gasteiger partial charge is 0.242 e. The number of amides is 2. The fourth-order valence-corrected chi connectivity index (χ4v) is 5.15. The maximum Gasteiger partial charge on any atom is 0.242 e. The zero-order chi connectivity index (χ0) is 25.9. The minimum Gasteiger partial charge on any atom is -0.383 e. The number of hydrogen-bond acceptors (Lipinski definition) is 3. The Labute approximate surface area is 220 Å². The molecular formula is C31H39N3O3. The van der Waals surface area contributed by atoms with Gasteiger partial charge in [-0.15, -0.1) is 0 Å². The summed E-state index contributed by atoms with van der Waals surface area (Å²) in [5, 5.41) is 0. The SMILES string of the molecule is COCCN(Cc1cccn1Cc1ccccc1)C(=O)CN(C(=O)Cc1ccccc1)C1CCCCC1. The quantitative estimate of drug-likeness (QED) is 0.354. The van der Waals surface area contributed by atoms with Crippen molar-refractivity contribution in [1.82, 2.24) is 14.4 Å². The number of nitrogens with zero attached hydrogens (tertiary/aromatic N) is 3. The van der Waals surface area contributed by atoms with Gasteiger partial charge in [0, 0.05) is 38.1 Å². The largest absolute Gasteiger partial charge is 0.383 e. The second kappa shape index (κ2) is 13.8. The number of benzene rings is 2. The molecule has 0 spiro atoms. The summed E-state index contributed by atoms with van der Waals surface area (Å²) in [5.74, 6) is 0.00194. The van der Waals surface area contributed by atoms with E-state index in [-0.39, 0.29) is 24.4 Å². The summed E-state index contributed by atoms with van der Waals surface area (Å²) in [6, 6.07) is 24.3. The monoisotopic (exact) mass is 501 g/mol. The van der Waals surface area contributed by atoms with E-state index in [1.54, 1.807) is 7.11 Å². The highest BCUT2D eigenvalue weighted by Crippen LogP contribution is 2.24. The number of methoxy groups -OCH3 is 1. The molecule has 37 heavy (non-hydrogen) atoms. The van der Waals surface area contributed by atoms with Crippen molar-refractivity contribution >= 4 is 11.8 Å². The van der Waals surface area contributed by atoms with Crippen molar-refractivity contribution in [2.24, 2.45) is 0 Å². The first kappa shape index (κ1) is 26.7. The van der Waals surface area contributed by atoms with Gasteiger partial charge < -0.3 is 19.1 Å². The number of carbonyl (C=O) groups excluding carboxylic acids is 2. The highest BCUT2D eigenvalue weighted by atomic mass is 16.5. The molecule has 1 aliphatic carbocycles. The average Bonchev–Trinajstić information content (AvgIpc) is 3.37. The van der Waals surface area contributed by atoms with E-state index in [0.29, 0.717) is 26.1 Å². The van der Waals surface area contributed by atoms with Crippen LogP contribution < -0.4 is 0 Å². The third-order valence-corrected chi connectivity index (χ3v) is 7.23. The summed E-state index contributed by atoms with van der Waals surface area (Å²) in [6.45, 7) is 2.27. The van der Waals surface area contributed by atoms with Crippen LogP contribution in [0.1, 0.15) is 48.9 Å². The van der Waals surface area contributed by atoms with Crippen LogP contribution in [0.4, 0.5) is 0 Å². The number of rotatable bonds is 12. The molecule has 1 aromatic heterocycles. The fraction of sp³-hybridized carbons (Fsp3) is 0.419. The number of ether oxygens (including phenoxy) is 1. The first-order valence-corrected chi connectivity index (χ1v) is 13.4. The van der Waals surface area contributed by atoms with Gasteiger partial charge in [0.1, 0.15) is 6.54 Å². The molecule has 2 amide bonds. The molecule has 0 radical (unpaired) electrons. The second-order valence-electron chi connectivity index (χ2n) is 9.90. The van der Waals surface area contributed by atoms with Gasteiger partial charge in [-0.05, 0) is 36.1 Å². The van der Waals surface area contributed by atoms with Crippen LogP contribution in [0.15, 0.2) is 79.0 Å². The van der Waals surface area contributed by atoms with E-state index in [4.69, 9.17) is 4.74 Å². The normalized spacial score (nSPS) is 13.9. The molecule has 6 nitrogen and oxygen atoms in total. The van der Waals surface area contributed by atoms with Gasteiger partial charge in [-0.3, -0.25) is 9.59 Å². The lowest BCUT2D eigenvalue weighted by atomic mass is 9.93. The van der Waals surface area contributed by atoms with Crippen molar-refractivity contribution in [1.29, 1.82) is 0 Å². The van der Waals surface area contributed by atoms with Crippen LogP contribution in [0.2, 0.25) is 0 Å². The zero-order valence-electron chi connectivity index (χ0n) is 21.9. The van der Waals surface area contributed by atoms with Gasteiger partial charge in [0.2, 0.25) is 11.8 Å². The maximum absolute atomic E-state index is 13.7. The maximum atomic E-state index is 13.7. The van der Waals surface area contributed by atoms with Crippen molar-refractivity contribution < 1.29 is 14.3 Å². The molecule has 0 N–H and O–H groups in total. The Morgan fingerprint density at radius 1 is 0.865 bits per heavy atom. The molecule has 1 aliphatic rings. The molecule has 3 aromatic rings. The van der Waals surface area contributed by atoms with Crippen LogP contribution in [0.3, 0.4) is 0 Å². The molecule has 4 rings (SSSR count). The molecule has 0 bridgehead atoms. The van der Waals surface area contributed by atoms with Crippen molar-refractivity contribution in [3.05, 3.63) is 95.8 Å². The molecule has 1 heterocycles. The highest BCUT2D eigenvalue weighted by Gasteiger charge is 2.29. The minimum absolute atomic E-state index is 0.0310. The van der Waals surface area contributed by atoms with Gasteiger partial charge in [0.25, 0.3) is 0 Å². The van der Waals surface area contributed by atoms with Gasteiger partial charge in [0.15, 0.2) is 0 Å². The zero-order valence-corrected chi connectivity index (χ0v) is 21.9. The van der Waals surface area contributed by atoms with E-state index in [2.05, 4.69) is 29.0 Å². The van der Waals surface area contributed by atoms with Crippen LogP contribution in [-0.2, 0) is 33.8 Å². The Balaban J connectivity index is 1.49. The van der Waals surface area contributed by atoms with Gasteiger partial charge in [-0.1, -0.05) is 79.9 Å². The van der Waals surface area contributed by atoms with Crippen LogP contribution in [0, 0.1) is 0 Å². The Kier molecular flexibility index (Phi) is 9.95. The van der Waals surface area contributed by atoms with E-state index in [1.165, 1.54) is 12.0 Å². The summed E-state index contributed by atoms with van der Waals surface area (Å²) < 4.78 is 7.52. The Morgan fingerprint density at radius 2 is 1.54 bits per heavy atom. The summed E-state index contributed by atoms with van der Waals surface area (Å²) in [7, 11) is 1.65. The second-order valence-corrected chi connectivity index (χ2v) is 9.90. The van der Waals surface area contributed by atoms with E-state index in [0.717, 1.165) is 43.5 Å². The lowest BCUT2D eigenvalue weighted by molar-refractivity contribution is -0.143. The van der Waals surface area contributed by atoms with E-state index >= 15 is 0 Å². The number of carbonyl (C=O) groups is 2. The molecular weight excluding hydrogens is 462 g/mol. The Hall–Kier alpha value is -3.38. The van der Waals surface area contributed by atoms with Crippen LogP contribution in [0.5, 0.6) is 0 Å². The summed E-state index contributed by atoms with van der Waals surface area (Å²) in [5.41, 5.74) is 3.26. The number of hydrogen-bond donors (Lipinski definition) is 0. The van der Waals surface area contributed by atoms with Crippen molar-refractivity contribution in [3.63, 3.8) is 0 Å². The first-order chi connectivity index (χ1) is 18.1. The van der Waals surface area contributed by atoms with Gasteiger partial charge in [-0.2, -0.15) is 0 Å². The van der Waals surface area contributed by atoms with Gasteiger partial charge >= 0.3 is 0 Å². The van der Waals surface area contributed by atoms with Crippen molar-refractivity contribution in [2.45, 2.75) is 57.7 Å². The highest BCUT2D eigenvalue weighted by molar-refractivity contribution is 5.86. The van der Waals surface area contributed by atoms with Gasteiger partial charge in [0.05, 0.1) is 19.6 Å². The molecule has 0 unspecified atom stereocenters. The average molecular weight is 502 g/mol. The molecule has 0 atom stereocenters.